The fourth-order valence-electron chi connectivity index (χ4n) is 3.38. The maximum absolute atomic E-state index is 13.6. The van der Waals surface area contributed by atoms with E-state index in [0.29, 0.717) is 6.54 Å². The summed E-state index contributed by atoms with van der Waals surface area (Å²) in [6.45, 7) is 3.82. The number of aryl methyl sites for hydroxylation is 1. The van der Waals surface area contributed by atoms with Crippen LogP contribution in [0.3, 0.4) is 0 Å². The van der Waals surface area contributed by atoms with Crippen LogP contribution in [0.25, 0.3) is 0 Å². The van der Waals surface area contributed by atoms with Gasteiger partial charge in [0.25, 0.3) is 15.9 Å². The number of rotatable bonds is 10. The third kappa shape index (κ3) is 6.78. The number of unbranched alkanes of at least 4 members (excludes halogenated alkanes) is 1. The number of benzene rings is 3. The van der Waals surface area contributed by atoms with Crippen molar-refractivity contribution in [3.05, 3.63) is 87.9 Å². The van der Waals surface area contributed by atoms with Crippen LogP contribution in [-0.4, -0.2) is 33.3 Å². The van der Waals surface area contributed by atoms with Crippen LogP contribution in [0.5, 0.6) is 0 Å². The molecule has 0 aliphatic rings. The average molecular weight is 548 g/mol. The van der Waals surface area contributed by atoms with Gasteiger partial charge in [-0.15, -0.1) is 0 Å². The van der Waals surface area contributed by atoms with Gasteiger partial charge in [-0.25, -0.2) is 8.42 Å². The van der Waals surface area contributed by atoms with Gasteiger partial charge in [-0.1, -0.05) is 66.4 Å². The molecule has 0 radical (unpaired) electrons. The van der Waals surface area contributed by atoms with E-state index in [1.165, 1.54) is 30.3 Å². The molecule has 36 heavy (non-hydrogen) atoms. The van der Waals surface area contributed by atoms with Crippen LogP contribution >= 0.6 is 23.2 Å². The molecule has 2 amide bonds. The second-order valence-corrected chi connectivity index (χ2v) is 10.8. The van der Waals surface area contributed by atoms with Gasteiger partial charge in [0.05, 0.1) is 31.9 Å². The van der Waals surface area contributed by atoms with E-state index in [1.807, 2.05) is 13.8 Å². The molecule has 2 N–H and O–H groups in total. The molecule has 190 valence electrons. The summed E-state index contributed by atoms with van der Waals surface area (Å²) in [6.07, 6.45) is 1.76. The number of amides is 2. The maximum atomic E-state index is 13.6. The van der Waals surface area contributed by atoms with E-state index < -0.39 is 22.5 Å². The number of carbonyl (C=O) groups excluding carboxylic acids is 2. The molecule has 0 unspecified atom stereocenters. The van der Waals surface area contributed by atoms with Crippen molar-refractivity contribution in [2.45, 2.75) is 31.6 Å². The largest absolute Gasteiger partial charge is 0.352 e. The summed E-state index contributed by atoms with van der Waals surface area (Å²) >= 11 is 12.2. The minimum atomic E-state index is -4.14. The van der Waals surface area contributed by atoms with Gasteiger partial charge in [-0.05, 0) is 55.8 Å². The summed E-state index contributed by atoms with van der Waals surface area (Å²) in [6, 6.07) is 17.2. The van der Waals surface area contributed by atoms with Crippen molar-refractivity contribution in [1.29, 1.82) is 0 Å². The zero-order valence-electron chi connectivity index (χ0n) is 19.9. The van der Waals surface area contributed by atoms with Gasteiger partial charge in [0.1, 0.15) is 6.54 Å². The Morgan fingerprint density at radius 3 is 2.31 bits per heavy atom. The second-order valence-electron chi connectivity index (χ2n) is 8.13. The zero-order valence-corrected chi connectivity index (χ0v) is 22.3. The van der Waals surface area contributed by atoms with Crippen molar-refractivity contribution in [3.63, 3.8) is 0 Å². The molecule has 0 aliphatic heterocycles. The Bertz CT molecular complexity index is 1350. The predicted octanol–water partition coefficient (Wildman–Crippen LogP) is 5.67. The van der Waals surface area contributed by atoms with Crippen molar-refractivity contribution >= 4 is 56.4 Å². The molecule has 7 nitrogen and oxygen atoms in total. The fourth-order valence-corrected chi connectivity index (χ4v) is 5.08. The minimum absolute atomic E-state index is 0.0164. The Balaban J connectivity index is 1.91. The standard InChI is InChI=1S/C26H27Cl2N3O4S/c1-3-4-15-29-26(33)21-7-5-6-8-24(21)30-25(32)17-31(19-11-14-22(27)23(28)16-19)36(34,35)20-12-9-18(2)10-13-20/h5-14,16H,3-4,15,17H2,1-2H3,(H,29,33)(H,30,32). The Hall–Kier alpha value is -3.07. The maximum Gasteiger partial charge on any atom is 0.264 e. The van der Waals surface area contributed by atoms with Gasteiger partial charge in [0.15, 0.2) is 0 Å². The van der Waals surface area contributed by atoms with Crippen molar-refractivity contribution < 1.29 is 18.0 Å². The first-order valence-corrected chi connectivity index (χ1v) is 13.5. The number of para-hydroxylation sites is 1. The van der Waals surface area contributed by atoms with Crippen molar-refractivity contribution in [2.75, 3.05) is 22.7 Å². The predicted molar refractivity (Wildman–Crippen MR) is 144 cm³/mol. The van der Waals surface area contributed by atoms with Gasteiger partial charge in [-0.2, -0.15) is 0 Å². The molecule has 0 spiro atoms. The number of hydrogen-bond donors (Lipinski definition) is 2. The first-order chi connectivity index (χ1) is 17.1. The molecule has 0 aromatic heterocycles. The molecule has 10 heteroatoms. The fraction of sp³-hybridized carbons (Fsp3) is 0.231. The van der Waals surface area contributed by atoms with E-state index in [-0.39, 0.29) is 37.8 Å². The molecule has 3 aromatic rings. The lowest BCUT2D eigenvalue weighted by Crippen LogP contribution is -2.38. The Morgan fingerprint density at radius 2 is 1.64 bits per heavy atom. The minimum Gasteiger partial charge on any atom is -0.352 e. The molecule has 0 atom stereocenters. The summed E-state index contributed by atoms with van der Waals surface area (Å²) in [5.74, 6) is -0.960. The molecule has 0 saturated carbocycles. The molecular formula is C26H27Cl2N3O4S. The Morgan fingerprint density at radius 1 is 0.944 bits per heavy atom. The van der Waals surface area contributed by atoms with E-state index in [2.05, 4.69) is 10.6 Å². The number of hydrogen-bond acceptors (Lipinski definition) is 4. The zero-order chi connectivity index (χ0) is 26.3. The van der Waals surface area contributed by atoms with Gasteiger partial charge >= 0.3 is 0 Å². The molecule has 0 bridgehead atoms. The first-order valence-electron chi connectivity index (χ1n) is 11.3. The van der Waals surface area contributed by atoms with E-state index in [1.54, 1.807) is 36.4 Å². The number of nitrogens with zero attached hydrogens (tertiary/aromatic N) is 1. The van der Waals surface area contributed by atoms with Crippen LogP contribution in [0, 0.1) is 6.92 Å². The number of halogens is 2. The molecule has 0 saturated heterocycles. The van der Waals surface area contributed by atoms with Crippen molar-refractivity contribution in [1.82, 2.24) is 5.32 Å². The second kappa shape index (κ2) is 12.3. The third-order valence-corrected chi connectivity index (χ3v) is 7.88. The Labute approximate surface area is 221 Å². The summed E-state index contributed by atoms with van der Waals surface area (Å²) in [5, 5.41) is 5.89. The molecule has 3 rings (SSSR count). The smallest absolute Gasteiger partial charge is 0.264 e. The molecule has 0 heterocycles. The number of carbonyl (C=O) groups is 2. The van der Waals surface area contributed by atoms with Crippen molar-refractivity contribution in [2.24, 2.45) is 0 Å². The van der Waals surface area contributed by atoms with E-state index in [0.717, 1.165) is 22.7 Å². The van der Waals surface area contributed by atoms with Gasteiger partial charge in [0, 0.05) is 6.54 Å². The lowest BCUT2D eigenvalue weighted by atomic mass is 10.1. The number of sulfonamides is 1. The topological polar surface area (TPSA) is 95.6 Å². The van der Waals surface area contributed by atoms with E-state index >= 15 is 0 Å². The van der Waals surface area contributed by atoms with Crippen LogP contribution in [0.2, 0.25) is 10.0 Å². The first kappa shape index (κ1) is 27.5. The van der Waals surface area contributed by atoms with Crippen LogP contribution in [0.15, 0.2) is 71.6 Å². The lowest BCUT2D eigenvalue weighted by Gasteiger charge is -2.24. The summed E-state index contributed by atoms with van der Waals surface area (Å²) in [4.78, 5) is 25.7. The highest BCUT2D eigenvalue weighted by molar-refractivity contribution is 7.92. The highest BCUT2D eigenvalue weighted by Gasteiger charge is 2.28. The number of anilines is 2. The summed E-state index contributed by atoms with van der Waals surface area (Å²) in [7, 11) is -4.14. The normalized spacial score (nSPS) is 11.1. The van der Waals surface area contributed by atoms with Crippen LogP contribution in [0.4, 0.5) is 11.4 Å². The van der Waals surface area contributed by atoms with Gasteiger partial charge in [-0.3, -0.25) is 13.9 Å². The average Bonchev–Trinajstić information content (AvgIpc) is 2.85. The molecule has 0 aliphatic carbocycles. The number of nitrogens with one attached hydrogen (secondary N) is 2. The molecule has 3 aromatic carbocycles. The monoisotopic (exact) mass is 547 g/mol. The highest BCUT2D eigenvalue weighted by Crippen LogP contribution is 2.30. The SMILES string of the molecule is CCCCNC(=O)c1ccccc1NC(=O)CN(c1ccc(Cl)c(Cl)c1)S(=O)(=O)c1ccc(C)cc1. The van der Waals surface area contributed by atoms with Crippen LogP contribution < -0.4 is 14.9 Å². The third-order valence-electron chi connectivity index (χ3n) is 5.35. The van der Waals surface area contributed by atoms with E-state index in [4.69, 9.17) is 23.2 Å². The van der Waals surface area contributed by atoms with Crippen molar-refractivity contribution in [3.8, 4) is 0 Å². The Kier molecular flexibility index (Phi) is 9.37. The van der Waals surface area contributed by atoms with Gasteiger partial charge < -0.3 is 10.6 Å². The molecule has 0 fully saturated rings. The van der Waals surface area contributed by atoms with Crippen LogP contribution in [-0.2, 0) is 14.8 Å². The van der Waals surface area contributed by atoms with Gasteiger partial charge in [0.2, 0.25) is 5.91 Å². The molecular weight excluding hydrogens is 521 g/mol. The van der Waals surface area contributed by atoms with Crippen LogP contribution in [0.1, 0.15) is 35.7 Å². The van der Waals surface area contributed by atoms with E-state index in [9.17, 15) is 18.0 Å². The lowest BCUT2D eigenvalue weighted by molar-refractivity contribution is -0.114. The summed E-state index contributed by atoms with van der Waals surface area (Å²) in [5.41, 5.74) is 1.62. The quantitative estimate of drug-likeness (QED) is 0.320. The summed E-state index contributed by atoms with van der Waals surface area (Å²) < 4.78 is 28.1. The highest BCUT2D eigenvalue weighted by atomic mass is 35.5.